The fraction of sp³-hybridized carbons (Fsp3) is 0.400. The number of halogens is 1. The number of hydrogen-bond acceptors (Lipinski definition) is 1. The van der Waals surface area contributed by atoms with Crippen LogP contribution in [-0.2, 0) is 0 Å². The fourth-order valence-corrected chi connectivity index (χ4v) is 3.58. The van der Waals surface area contributed by atoms with Gasteiger partial charge in [0.15, 0.2) is 0 Å². The number of nitrogens with one attached hydrogen (secondary N) is 1. The molecule has 0 aliphatic carbocycles. The maximum absolute atomic E-state index is 3.38. The third kappa shape index (κ3) is 2.99. The quantitative estimate of drug-likeness (QED) is 0.429. The lowest BCUT2D eigenvalue weighted by atomic mass is 10.1. The van der Waals surface area contributed by atoms with E-state index in [1.807, 2.05) is 11.8 Å². The molecule has 2 nitrogen and oxygen atoms in total. The predicted octanol–water partition coefficient (Wildman–Crippen LogP) is 0.478. The molecular weight excluding hydrogens is 367 g/mol. The average Bonchev–Trinajstić information content (AvgIpc) is 2.85. The number of para-hydroxylation sites is 1. The Morgan fingerprint density at radius 2 is 1.89 bits per heavy atom. The number of rotatable bonds is 1. The van der Waals surface area contributed by atoms with Crippen LogP contribution in [0, 0.1) is 0 Å². The summed E-state index contributed by atoms with van der Waals surface area (Å²) in [6, 6.07) is 8.56. The van der Waals surface area contributed by atoms with Gasteiger partial charge in [-0.3, -0.25) is 0 Å². The molecule has 102 valence electrons. The van der Waals surface area contributed by atoms with Crippen molar-refractivity contribution in [3.63, 3.8) is 0 Å². The molecule has 1 aliphatic heterocycles. The summed E-state index contributed by atoms with van der Waals surface area (Å²) in [4.78, 5) is 3.38. The summed E-state index contributed by atoms with van der Waals surface area (Å²) in [5.41, 5.74) is 2.59. The Morgan fingerprint density at radius 1 is 1.16 bits per heavy atom. The van der Waals surface area contributed by atoms with Gasteiger partial charge in [-0.05, 0) is 18.7 Å². The molecule has 0 radical (unpaired) electrons. The van der Waals surface area contributed by atoms with Crippen molar-refractivity contribution < 1.29 is 28.6 Å². The highest BCUT2D eigenvalue weighted by molar-refractivity contribution is 8.13. The molecule has 3 rings (SSSR count). The van der Waals surface area contributed by atoms with Gasteiger partial charge in [0.2, 0.25) is 5.04 Å². The summed E-state index contributed by atoms with van der Waals surface area (Å²) in [7, 11) is 0. The molecule has 1 saturated heterocycles. The van der Waals surface area contributed by atoms with E-state index in [2.05, 4.69) is 46.3 Å². The lowest BCUT2D eigenvalue weighted by Crippen LogP contribution is -3.00. The summed E-state index contributed by atoms with van der Waals surface area (Å²) in [5, 5.41) is 2.76. The van der Waals surface area contributed by atoms with Crippen LogP contribution in [0.25, 0.3) is 10.9 Å². The molecule has 0 atom stereocenters. The van der Waals surface area contributed by atoms with Gasteiger partial charge in [0.25, 0.3) is 0 Å². The Kier molecular flexibility index (Phi) is 5.33. The minimum atomic E-state index is 0. The van der Waals surface area contributed by atoms with E-state index in [0.29, 0.717) is 0 Å². The zero-order chi connectivity index (χ0) is 12.4. The van der Waals surface area contributed by atoms with Crippen molar-refractivity contribution >= 4 is 27.7 Å². The largest absolute Gasteiger partial charge is 1.00 e. The van der Waals surface area contributed by atoms with Crippen molar-refractivity contribution in [2.75, 3.05) is 19.3 Å². The van der Waals surface area contributed by atoms with Gasteiger partial charge in [-0.2, -0.15) is 0 Å². The van der Waals surface area contributed by atoms with Crippen LogP contribution >= 0.6 is 11.8 Å². The van der Waals surface area contributed by atoms with Gasteiger partial charge in [-0.15, -0.1) is 0 Å². The lowest BCUT2D eigenvalue weighted by Gasteiger charge is -2.12. The van der Waals surface area contributed by atoms with Gasteiger partial charge in [0.1, 0.15) is 13.1 Å². The monoisotopic (exact) mass is 386 g/mol. The zero-order valence-electron chi connectivity index (χ0n) is 11.2. The Hall–Kier alpha value is -0.490. The molecule has 0 bridgehead atoms. The van der Waals surface area contributed by atoms with Crippen molar-refractivity contribution in [3.8, 4) is 0 Å². The highest BCUT2D eigenvalue weighted by atomic mass is 127. The second-order valence-electron chi connectivity index (χ2n) is 4.80. The number of piperidine rings is 1. The van der Waals surface area contributed by atoms with E-state index in [0.717, 1.165) is 0 Å². The van der Waals surface area contributed by atoms with Crippen molar-refractivity contribution in [1.29, 1.82) is 0 Å². The molecule has 1 fully saturated rings. The Bertz CT molecular complexity index is 581. The zero-order valence-corrected chi connectivity index (χ0v) is 14.1. The van der Waals surface area contributed by atoms with Gasteiger partial charge in [-0.25, -0.2) is 4.58 Å². The Morgan fingerprint density at radius 3 is 2.63 bits per heavy atom. The molecule has 1 aliphatic rings. The smallest absolute Gasteiger partial charge is 0.243 e. The number of H-pyrrole nitrogens is 1. The number of benzene rings is 1. The molecular formula is C15H19IN2S. The van der Waals surface area contributed by atoms with Crippen molar-refractivity contribution in [3.05, 3.63) is 36.0 Å². The maximum atomic E-state index is 3.38. The number of aromatic amines is 1. The van der Waals surface area contributed by atoms with E-state index in [-0.39, 0.29) is 24.0 Å². The molecule has 1 aromatic carbocycles. The lowest BCUT2D eigenvalue weighted by molar-refractivity contribution is -0.534. The minimum absolute atomic E-state index is 0. The van der Waals surface area contributed by atoms with Gasteiger partial charge < -0.3 is 29.0 Å². The third-order valence-corrected chi connectivity index (χ3v) is 4.52. The summed E-state index contributed by atoms with van der Waals surface area (Å²) in [5.74, 6) is 0. The third-order valence-electron chi connectivity index (χ3n) is 3.66. The molecule has 2 aromatic rings. The van der Waals surface area contributed by atoms with E-state index < -0.39 is 0 Å². The summed E-state index contributed by atoms with van der Waals surface area (Å²) in [6.45, 7) is 2.41. The summed E-state index contributed by atoms with van der Waals surface area (Å²) in [6.07, 6.45) is 8.38. The minimum Gasteiger partial charge on any atom is -1.00 e. The Labute approximate surface area is 135 Å². The van der Waals surface area contributed by atoms with E-state index in [4.69, 9.17) is 0 Å². The first-order valence-corrected chi connectivity index (χ1v) is 7.85. The highest BCUT2D eigenvalue weighted by Gasteiger charge is 2.21. The van der Waals surface area contributed by atoms with Crippen LogP contribution in [0.2, 0.25) is 0 Å². The van der Waals surface area contributed by atoms with E-state index in [1.54, 1.807) is 0 Å². The van der Waals surface area contributed by atoms with E-state index >= 15 is 0 Å². The number of aromatic nitrogens is 1. The summed E-state index contributed by atoms with van der Waals surface area (Å²) >= 11 is 1.87. The number of thioether (sulfide) groups is 1. The number of nitrogens with zero attached hydrogens (tertiary/aromatic N) is 1. The highest BCUT2D eigenvalue weighted by Crippen LogP contribution is 2.23. The molecule has 1 N–H and O–H groups in total. The molecule has 19 heavy (non-hydrogen) atoms. The first-order chi connectivity index (χ1) is 8.90. The topological polar surface area (TPSA) is 18.8 Å². The van der Waals surface area contributed by atoms with Crippen LogP contribution in [0.1, 0.15) is 24.8 Å². The molecule has 0 spiro atoms. The summed E-state index contributed by atoms with van der Waals surface area (Å²) < 4.78 is 2.55. The Balaban J connectivity index is 0.00000133. The van der Waals surface area contributed by atoms with Crippen LogP contribution < -0.4 is 24.0 Å². The van der Waals surface area contributed by atoms with Gasteiger partial charge in [-0.1, -0.05) is 30.0 Å². The second kappa shape index (κ2) is 6.79. The first-order valence-electron chi connectivity index (χ1n) is 6.62. The first kappa shape index (κ1) is 14.9. The SMILES string of the molecule is CSC(c1c[nH]c2ccccc12)=[N+]1CCCCC1.[I-]. The molecule has 2 heterocycles. The van der Waals surface area contributed by atoms with Gasteiger partial charge in [0, 0.05) is 29.9 Å². The molecule has 0 unspecified atom stereocenters. The van der Waals surface area contributed by atoms with Crippen LogP contribution in [0.5, 0.6) is 0 Å². The standard InChI is InChI=1S/C15H18N2S.HI/c1-18-15(17-9-5-2-6-10-17)13-11-16-14-8-4-3-7-12(13)14;/h3-4,7-8,11H,2,5-6,9-10H2,1H3;1H. The van der Waals surface area contributed by atoms with Crippen molar-refractivity contribution in [2.45, 2.75) is 19.3 Å². The normalized spacial score (nSPS) is 15.3. The molecule has 0 amide bonds. The van der Waals surface area contributed by atoms with Crippen LogP contribution in [-0.4, -0.2) is 33.9 Å². The number of fused-ring (bicyclic) bond motifs is 1. The molecule has 0 saturated carbocycles. The fourth-order valence-electron chi connectivity index (χ4n) is 2.75. The predicted molar refractivity (Wildman–Crippen MR) is 79.8 cm³/mol. The maximum Gasteiger partial charge on any atom is 0.243 e. The van der Waals surface area contributed by atoms with Gasteiger partial charge >= 0.3 is 0 Å². The van der Waals surface area contributed by atoms with Crippen molar-refractivity contribution in [1.82, 2.24) is 4.98 Å². The number of hydrogen-bond donors (Lipinski definition) is 1. The van der Waals surface area contributed by atoms with Gasteiger partial charge in [0.05, 0.1) is 5.56 Å². The average molecular weight is 386 g/mol. The molecule has 4 heteroatoms. The second-order valence-corrected chi connectivity index (χ2v) is 5.60. The van der Waals surface area contributed by atoms with Crippen LogP contribution in [0.4, 0.5) is 0 Å². The van der Waals surface area contributed by atoms with Crippen molar-refractivity contribution in [2.24, 2.45) is 0 Å². The van der Waals surface area contributed by atoms with Crippen LogP contribution in [0.15, 0.2) is 30.5 Å². The van der Waals surface area contributed by atoms with E-state index in [9.17, 15) is 0 Å². The molecule has 1 aromatic heterocycles. The van der Waals surface area contributed by atoms with E-state index in [1.165, 1.54) is 53.9 Å². The van der Waals surface area contributed by atoms with Crippen LogP contribution in [0.3, 0.4) is 0 Å².